The molecule has 2 aromatic rings. The molecule has 2 aliphatic heterocycles. The standard InChI is InChI=1S/C23H20ClN3O6S/c24-15-7-4-8-16(10-15)25-23(32)33-11-14-12-34-21-18(20(29)27(21)19(14)22(30)31)26-17(28)9-13-5-2-1-3-6-13/h1-8,10,18,21H,9,11-12H2,(H,25,32)(H,26,28)(H,30,31)/t18?,21-/m0/s1. The summed E-state index contributed by atoms with van der Waals surface area (Å²) in [7, 11) is 0. The van der Waals surface area contributed by atoms with Crippen LogP contribution < -0.4 is 10.6 Å². The molecule has 2 heterocycles. The van der Waals surface area contributed by atoms with Gasteiger partial charge in [-0.25, -0.2) is 9.59 Å². The maximum Gasteiger partial charge on any atom is 0.411 e. The average molecular weight is 502 g/mol. The Morgan fingerprint density at radius 1 is 1.15 bits per heavy atom. The largest absolute Gasteiger partial charge is 0.477 e. The predicted molar refractivity (Wildman–Crippen MR) is 126 cm³/mol. The zero-order valence-corrected chi connectivity index (χ0v) is 19.3. The van der Waals surface area contributed by atoms with Crippen molar-refractivity contribution in [2.75, 3.05) is 17.7 Å². The van der Waals surface area contributed by atoms with Crippen molar-refractivity contribution in [1.29, 1.82) is 0 Å². The Morgan fingerprint density at radius 3 is 2.62 bits per heavy atom. The van der Waals surface area contributed by atoms with E-state index in [2.05, 4.69) is 10.6 Å². The maximum absolute atomic E-state index is 12.7. The number of ether oxygens (including phenoxy) is 1. The zero-order valence-electron chi connectivity index (χ0n) is 17.7. The van der Waals surface area contributed by atoms with Crippen molar-refractivity contribution in [2.45, 2.75) is 17.8 Å². The van der Waals surface area contributed by atoms with Crippen molar-refractivity contribution in [1.82, 2.24) is 10.2 Å². The van der Waals surface area contributed by atoms with E-state index in [1.807, 2.05) is 30.3 Å². The molecular formula is C23H20ClN3O6S. The predicted octanol–water partition coefficient (Wildman–Crippen LogP) is 2.87. The molecule has 3 amide bonds. The molecule has 176 valence electrons. The van der Waals surface area contributed by atoms with Gasteiger partial charge >= 0.3 is 12.1 Å². The topological polar surface area (TPSA) is 125 Å². The molecule has 4 rings (SSSR count). The first-order valence-corrected chi connectivity index (χ1v) is 11.7. The second-order valence-corrected chi connectivity index (χ2v) is 9.13. The fourth-order valence-electron chi connectivity index (χ4n) is 3.67. The fourth-order valence-corrected chi connectivity index (χ4v) is 5.19. The van der Waals surface area contributed by atoms with Crippen LogP contribution in [0.1, 0.15) is 5.56 Å². The molecule has 0 aliphatic carbocycles. The number of carbonyl (C=O) groups excluding carboxylic acids is 3. The number of fused-ring (bicyclic) bond motifs is 1. The summed E-state index contributed by atoms with van der Waals surface area (Å²) in [6, 6.07) is 14.8. The van der Waals surface area contributed by atoms with Gasteiger partial charge < -0.3 is 15.2 Å². The molecule has 2 aliphatic rings. The molecule has 1 unspecified atom stereocenters. The number of β-lactam (4-membered cyclic amide) rings is 1. The summed E-state index contributed by atoms with van der Waals surface area (Å²) < 4.78 is 5.17. The third-order valence-electron chi connectivity index (χ3n) is 5.22. The lowest BCUT2D eigenvalue weighted by atomic mass is 10.0. The van der Waals surface area contributed by atoms with Gasteiger partial charge in [-0.1, -0.05) is 48.0 Å². The summed E-state index contributed by atoms with van der Waals surface area (Å²) >= 11 is 7.18. The third-order valence-corrected chi connectivity index (χ3v) is 6.80. The number of rotatable bonds is 7. The first-order chi connectivity index (χ1) is 16.3. The third kappa shape index (κ3) is 5.18. The van der Waals surface area contributed by atoms with Crippen LogP contribution >= 0.6 is 23.4 Å². The normalized spacial score (nSPS) is 19.1. The highest BCUT2D eigenvalue weighted by molar-refractivity contribution is 8.00. The van der Waals surface area contributed by atoms with E-state index in [9.17, 15) is 24.3 Å². The number of aliphatic carboxylic acids is 1. The fraction of sp³-hybridized carbons (Fsp3) is 0.217. The van der Waals surface area contributed by atoms with Gasteiger partial charge in [-0.3, -0.25) is 19.8 Å². The molecule has 11 heteroatoms. The summed E-state index contributed by atoms with van der Waals surface area (Å²) in [6.45, 7) is -0.303. The van der Waals surface area contributed by atoms with Crippen LogP contribution in [0, 0.1) is 0 Å². The highest BCUT2D eigenvalue weighted by atomic mass is 35.5. The van der Waals surface area contributed by atoms with Crippen LogP contribution in [0.4, 0.5) is 10.5 Å². The van der Waals surface area contributed by atoms with Gasteiger partial charge in [-0.05, 0) is 23.8 Å². The molecule has 0 aromatic heterocycles. The SMILES string of the molecule is O=C(Cc1ccccc1)NC1C(=O)N2C(C(=O)O)=C(COC(=O)Nc3cccc(Cl)c3)CS[C@@H]12. The number of nitrogens with zero attached hydrogens (tertiary/aromatic N) is 1. The quantitative estimate of drug-likeness (QED) is 0.498. The van der Waals surface area contributed by atoms with E-state index < -0.39 is 29.4 Å². The van der Waals surface area contributed by atoms with Crippen LogP contribution in [0.3, 0.4) is 0 Å². The molecule has 2 aromatic carbocycles. The number of hydrogen-bond donors (Lipinski definition) is 3. The molecule has 2 atom stereocenters. The number of amides is 3. The van der Waals surface area contributed by atoms with Crippen LogP contribution in [0.5, 0.6) is 0 Å². The van der Waals surface area contributed by atoms with Crippen LogP contribution in [0.15, 0.2) is 65.9 Å². The number of anilines is 1. The molecule has 0 radical (unpaired) electrons. The second kappa shape index (κ2) is 10.2. The number of carboxylic acid groups (broad SMARTS) is 1. The maximum atomic E-state index is 12.7. The number of benzene rings is 2. The Hall–Kier alpha value is -3.50. The van der Waals surface area contributed by atoms with Gasteiger partial charge in [0.2, 0.25) is 5.91 Å². The Kier molecular flexibility index (Phi) is 7.09. The number of carbonyl (C=O) groups is 4. The number of thioether (sulfide) groups is 1. The van der Waals surface area contributed by atoms with E-state index >= 15 is 0 Å². The Balaban J connectivity index is 1.38. The van der Waals surface area contributed by atoms with Crippen molar-refractivity contribution >= 4 is 52.9 Å². The highest BCUT2D eigenvalue weighted by Crippen LogP contribution is 2.40. The van der Waals surface area contributed by atoms with Gasteiger partial charge in [-0.15, -0.1) is 11.8 Å². The van der Waals surface area contributed by atoms with Gasteiger partial charge in [0.25, 0.3) is 5.91 Å². The Bertz CT molecular complexity index is 1170. The minimum atomic E-state index is -1.30. The minimum Gasteiger partial charge on any atom is -0.477 e. The first kappa shape index (κ1) is 23.7. The first-order valence-electron chi connectivity index (χ1n) is 10.3. The van der Waals surface area contributed by atoms with E-state index in [4.69, 9.17) is 16.3 Å². The monoisotopic (exact) mass is 501 g/mol. The molecule has 1 saturated heterocycles. The summed E-state index contributed by atoms with van der Waals surface area (Å²) in [5.41, 5.74) is 1.30. The van der Waals surface area contributed by atoms with E-state index in [1.54, 1.807) is 18.2 Å². The van der Waals surface area contributed by atoms with Crippen molar-refractivity contribution in [3.63, 3.8) is 0 Å². The van der Waals surface area contributed by atoms with Crippen molar-refractivity contribution in [3.8, 4) is 0 Å². The number of nitrogens with one attached hydrogen (secondary N) is 2. The zero-order chi connectivity index (χ0) is 24.2. The van der Waals surface area contributed by atoms with Crippen LogP contribution in [0.25, 0.3) is 0 Å². The molecule has 0 saturated carbocycles. The lowest BCUT2D eigenvalue weighted by molar-refractivity contribution is -0.150. The van der Waals surface area contributed by atoms with E-state index in [0.717, 1.165) is 10.5 Å². The molecule has 0 bridgehead atoms. The van der Waals surface area contributed by atoms with Gasteiger partial charge in [0, 0.05) is 22.0 Å². The number of carboxylic acids is 1. The minimum absolute atomic E-state index is 0.116. The van der Waals surface area contributed by atoms with Crippen LogP contribution in [-0.2, 0) is 25.5 Å². The Morgan fingerprint density at radius 2 is 1.91 bits per heavy atom. The van der Waals surface area contributed by atoms with Gasteiger partial charge in [0.1, 0.15) is 23.7 Å². The molecule has 1 fully saturated rings. The number of halogens is 1. The van der Waals surface area contributed by atoms with Crippen molar-refractivity contribution in [2.24, 2.45) is 0 Å². The molecule has 9 nitrogen and oxygen atoms in total. The molecule has 34 heavy (non-hydrogen) atoms. The van der Waals surface area contributed by atoms with Crippen LogP contribution in [-0.4, -0.2) is 57.7 Å². The van der Waals surface area contributed by atoms with Gasteiger partial charge in [-0.2, -0.15) is 0 Å². The highest BCUT2D eigenvalue weighted by Gasteiger charge is 2.54. The van der Waals surface area contributed by atoms with E-state index in [1.165, 1.54) is 17.8 Å². The summed E-state index contributed by atoms with van der Waals surface area (Å²) in [4.78, 5) is 50.3. The van der Waals surface area contributed by atoms with Crippen molar-refractivity contribution in [3.05, 3.63) is 76.5 Å². The lowest BCUT2D eigenvalue weighted by Gasteiger charge is -2.49. The number of hydrogen-bond acceptors (Lipinski definition) is 6. The summed E-state index contributed by atoms with van der Waals surface area (Å²) in [5, 5.41) is 14.8. The smallest absolute Gasteiger partial charge is 0.411 e. The Labute approximate surface area is 204 Å². The molecular weight excluding hydrogens is 482 g/mol. The van der Waals surface area contributed by atoms with E-state index in [0.29, 0.717) is 10.7 Å². The molecule has 3 N–H and O–H groups in total. The second-order valence-electron chi connectivity index (χ2n) is 7.59. The van der Waals surface area contributed by atoms with Gasteiger partial charge in [0.15, 0.2) is 0 Å². The van der Waals surface area contributed by atoms with Gasteiger partial charge in [0.05, 0.1) is 6.42 Å². The van der Waals surface area contributed by atoms with Crippen molar-refractivity contribution < 1.29 is 29.0 Å². The molecule has 0 spiro atoms. The van der Waals surface area contributed by atoms with Crippen LogP contribution in [0.2, 0.25) is 5.02 Å². The summed E-state index contributed by atoms with van der Waals surface area (Å²) in [5.74, 6) is -1.91. The average Bonchev–Trinajstić information content (AvgIpc) is 2.81. The van der Waals surface area contributed by atoms with E-state index in [-0.39, 0.29) is 36.0 Å². The lowest BCUT2D eigenvalue weighted by Crippen LogP contribution is -2.70. The summed E-state index contributed by atoms with van der Waals surface area (Å²) in [6.07, 6.45) is -0.669.